The Hall–Kier alpha value is -4.72. The van der Waals surface area contributed by atoms with Gasteiger partial charge in [0.05, 0.1) is 17.9 Å². The summed E-state index contributed by atoms with van der Waals surface area (Å²) in [6.07, 6.45) is 0.860. The van der Waals surface area contributed by atoms with E-state index in [1.54, 1.807) is 98.8 Å². The van der Waals surface area contributed by atoms with Crippen LogP contribution in [0.15, 0.2) is 84.4 Å². The average Bonchev–Trinajstić information content (AvgIpc) is 2.85. The number of carbonyl (C=O) groups is 3. The normalized spacial score (nSPS) is 10.9. The first-order valence-electron chi connectivity index (χ1n) is 10.8. The highest BCUT2D eigenvalue weighted by molar-refractivity contribution is 6.20. The molecule has 0 aliphatic carbocycles. The van der Waals surface area contributed by atoms with Gasteiger partial charge in [0.15, 0.2) is 0 Å². The van der Waals surface area contributed by atoms with Crippen LogP contribution in [0.2, 0.25) is 0 Å². The molecule has 3 N–H and O–H groups in total. The maximum absolute atomic E-state index is 13.1. The highest BCUT2D eigenvalue weighted by atomic mass is 16.6. The average molecular weight is 472 g/mol. The Morgan fingerprint density at radius 2 is 1.51 bits per heavy atom. The lowest BCUT2D eigenvalue weighted by Crippen LogP contribution is -2.38. The summed E-state index contributed by atoms with van der Waals surface area (Å²) in [7, 11) is 0. The van der Waals surface area contributed by atoms with Crippen molar-refractivity contribution in [3.05, 3.63) is 101 Å². The molecule has 8 heteroatoms. The molecule has 0 spiro atoms. The van der Waals surface area contributed by atoms with Gasteiger partial charge in [-0.25, -0.2) is 14.5 Å². The van der Waals surface area contributed by atoms with Crippen LogP contribution in [0.1, 0.15) is 35.3 Å². The first kappa shape index (κ1) is 24.9. The van der Waals surface area contributed by atoms with Crippen LogP contribution in [0.5, 0.6) is 5.75 Å². The van der Waals surface area contributed by atoms with Crippen LogP contribution in [-0.2, 0) is 9.53 Å². The van der Waals surface area contributed by atoms with Crippen molar-refractivity contribution in [1.82, 2.24) is 0 Å². The number of amidine groups is 1. The highest BCUT2D eigenvalue weighted by Crippen LogP contribution is 2.20. The van der Waals surface area contributed by atoms with Gasteiger partial charge in [0.1, 0.15) is 11.6 Å². The minimum absolute atomic E-state index is 0.0746. The Morgan fingerprint density at radius 3 is 2.09 bits per heavy atom. The number of amides is 2. The van der Waals surface area contributed by atoms with E-state index in [4.69, 9.17) is 20.6 Å². The molecule has 0 bridgehead atoms. The van der Waals surface area contributed by atoms with Crippen molar-refractivity contribution in [3.63, 3.8) is 0 Å². The number of rotatable bonds is 7. The molecule has 2 amide bonds. The van der Waals surface area contributed by atoms with Crippen LogP contribution in [0.25, 0.3) is 6.08 Å². The molecule has 3 rings (SSSR count). The summed E-state index contributed by atoms with van der Waals surface area (Å²) in [6.45, 7) is 3.41. The molecule has 3 aromatic carbocycles. The number of para-hydroxylation sites is 1. The quantitative estimate of drug-likeness (QED) is 0.168. The third-order valence-electron chi connectivity index (χ3n) is 4.91. The second kappa shape index (κ2) is 11.4. The van der Waals surface area contributed by atoms with E-state index in [1.165, 1.54) is 0 Å². The van der Waals surface area contributed by atoms with Crippen LogP contribution in [0.3, 0.4) is 0 Å². The van der Waals surface area contributed by atoms with Gasteiger partial charge in [-0.15, -0.1) is 0 Å². The number of esters is 1. The Bertz CT molecular complexity index is 1250. The SMILES string of the molecule is CCOC(=O)N(C(=O)/C(C)=C/c1ccc(C(=O)Oc2ccc(C(=N)N)cc2)cc1)c1ccccc1. The molecule has 0 fully saturated rings. The second-order valence-electron chi connectivity index (χ2n) is 7.45. The van der Waals surface area contributed by atoms with Crippen molar-refractivity contribution in [2.24, 2.45) is 5.73 Å². The molecule has 0 saturated carbocycles. The van der Waals surface area contributed by atoms with Gasteiger partial charge in [0.25, 0.3) is 5.91 Å². The topological polar surface area (TPSA) is 123 Å². The number of carbonyl (C=O) groups excluding carboxylic acids is 3. The van der Waals surface area contributed by atoms with Crippen LogP contribution in [0, 0.1) is 5.41 Å². The summed E-state index contributed by atoms with van der Waals surface area (Å²) in [5, 5.41) is 7.40. The fourth-order valence-electron chi connectivity index (χ4n) is 3.14. The van der Waals surface area contributed by atoms with Crippen LogP contribution >= 0.6 is 0 Å². The van der Waals surface area contributed by atoms with Gasteiger partial charge < -0.3 is 15.2 Å². The number of nitrogens with zero attached hydrogens (tertiary/aromatic N) is 1. The van der Waals surface area contributed by atoms with E-state index in [9.17, 15) is 14.4 Å². The Balaban J connectivity index is 1.74. The van der Waals surface area contributed by atoms with Gasteiger partial charge in [-0.1, -0.05) is 30.3 Å². The maximum atomic E-state index is 13.1. The van der Waals surface area contributed by atoms with E-state index in [1.807, 2.05) is 0 Å². The first-order valence-corrected chi connectivity index (χ1v) is 10.8. The molecule has 0 aromatic heterocycles. The summed E-state index contributed by atoms with van der Waals surface area (Å²) in [5.74, 6) is -0.826. The van der Waals surface area contributed by atoms with E-state index in [-0.39, 0.29) is 12.4 Å². The summed E-state index contributed by atoms with van der Waals surface area (Å²) >= 11 is 0. The summed E-state index contributed by atoms with van der Waals surface area (Å²) in [4.78, 5) is 38.9. The van der Waals surface area contributed by atoms with E-state index >= 15 is 0 Å². The number of benzene rings is 3. The van der Waals surface area contributed by atoms with E-state index in [0.717, 1.165) is 4.90 Å². The van der Waals surface area contributed by atoms with Gasteiger partial charge in [0.2, 0.25) is 0 Å². The molecule has 0 unspecified atom stereocenters. The van der Waals surface area contributed by atoms with Crippen LogP contribution < -0.4 is 15.4 Å². The zero-order chi connectivity index (χ0) is 25.4. The summed E-state index contributed by atoms with van der Waals surface area (Å²) in [6, 6.07) is 21.3. The van der Waals surface area contributed by atoms with E-state index < -0.39 is 18.0 Å². The van der Waals surface area contributed by atoms with E-state index in [2.05, 4.69) is 0 Å². The summed E-state index contributed by atoms with van der Waals surface area (Å²) in [5.41, 5.74) is 7.64. The number of nitrogen functional groups attached to an aromatic ring is 1. The standard InChI is InChI=1S/C27H25N3O5/c1-3-34-27(33)30(22-7-5-4-6-8-22)25(31)18(2)17-19-9-11-21(12-10-19)26(32)35-23-15-13-20(14-16-23)24(28)29/h4-17H,3H2,1-2H3,(H3,28,29)/b18-17+. The molecule has 0 aliphatic heterocycles. The number of hydrogen-bond donors (Lipinski definition) is 2. The minimum atomic E-state index is -0.758. The molecule has 178 valence electrons. The lowest BCUT2D eigenvalue weighted by atomic mass is 10.1. The Kier molecular flexibility index (Phi) is 8.13. The van der Waals surface area contributed by atoms with Crippen molar-refractivity contribution in [3.8, 4) is 5.75 Å². The minimum Gasteiger partial charge on any atom is -0.449 e. The fourth-order valence-corrected chi connectivity index (χ4v) is 3.14. The third kappa shape index (κ3) is 6.42. The largest absolute Gasteiger partial charge is 0.449 e. The van der Waals surface area contributed by atoms with Gasteiger partial charge in [-0.3, -0.25) is 10.2 Å². The van der Waals surface area contributed by atoms with Crippen molar-refractivity contribution in [2.75, 3.05) is 11.5 Å². The van der Waals surface area contributed by atoms with Gasteiger partial charge in [-0.05, 0) is 74.0 Å². The third-order valence-corrected chi connectivity index (χ3v) is 4.91. The molecule has 0 saturated heterocycles. The smallest absolute Gasteiger partial charge is 0.421 e. The molecular formula is C27H25N3O5. The highest BCUT2D eigenvalue weighted by Gasteiger charge is 2.25. The van der Waals surface area contributed by atoms with Gasteiger partial charge in [-0.2, -0.15) is 0 Å². The van der Waals surface area contributed by atoms with Crippen molar-refractivity contribution < 1.29 is 23.9 Å². The molecular weight excluding hydrogens is 446 g/mol. The van der Waals surface area contributed by atoms with Crippen LogP contribution in [-0.4, -0.2) is 30.4 Å². The number of hydrogen-bond acceptors (Lipinski definition) is 6. The molecule has 0 atom stereocenters. The molecule has 0 heterocycles. The first-order chi connectivity index (χ1) is 16.8. The molecule has 3 aromatic rings. The lowest BCUT2D eigenvalue weighted by molar-refractivity contribution is -0.114. The number of imide groups is 1. The van der Waals surface area contributed by atoms with Crippen molar-refractivity contribution in [2.45, 2.75) is 13.8 Å². The monoisotopic (exact) mass is 471 g/mol. The predicted octanol–water partition coefficient (Wildman–Crippen LogP) is 4.78. The fraction of sp³-hybridized carbons (Fsp3) is 0.111. The van der Waals surface area contributed by atoms with Gasteiger partial charge >= 0.3 is 12.1 Å². The Labute approximate surface area is 203 Å². The van der Waals surface area contributed by atoms with Crippen molar-refractivity contribution in [1.29, 1.82) is 5.41 Å². The number of anilines is 1. The number of nitrogens with two attached hydrogens (primary N) is 1. The zero-order valence-corrected chi connectivity index (χ0v) is 19.4. The molecule has 35 heavy (non-hydrogen) atoms. The van der Waals surface area contributed by atoms with Crippen LogP contribution in [0.4, 0.5) is 10.5 Å². The van der Waals surface area contributed by atoms with Crippen molar-refractivity contribution >= 4 is 35.6 Å². The van der Waals surface area contributed by atoms with Gasteiger partial charge in [0, 0.05) is 11.1 Å². The molecule has 0 aliphatic rings. The summed E-state index contributed by atoms with van der Waals surface area (Å²) < 4.78 is 10.4. The second-order valence-corrected chi connectivity index (χ2v) is 7.45. The molecule has 8 nitrogen and oxygen atoms in total. The Morgan fingerprint density at radius 1 is 0.914 bits per heavy atom. The molecule has 0 radical (unpaired) electrons. The lowest BCUT2D eigenvalue weighted by Gasteiger charge is -2.20. The maximum Gasteiger partial charge on any atom is 0.421 e. The zero-order valence-electron chi connectivity index (χ0n) is 19.4. The number of ether oxygens (including phenoxy) is 2. The number of nitrogens with one attached hydrogen (secondary N) is 1. The predicted molar refractivity (Wildman–Crippen MR) is 133 cm³/mol. The van der Waals surface area contributed by atoms with E-state index in [0.29, 0.717) is 33.7 Å².